The van der Waals surface area contributed by atoms with Crippen LogP contribution in [0, 0.1) is 0 Å². The molecule has 0 fully saturated rings. The van der Waals surface area contributed by atoms with Gasteiger partial charge >= 0.3 is 0 Å². The fraction of sp³-hybridized carbons (Fsp3) is 0.0909. The summed E-state index contributed by atoms with van der Waals surface area (Å²) in [4.78, 5) is 7.91. The summed E-state index contributed by atoms with van der Waals surface area (Å²) in [7, 11) is 1.62. The summed E-state index contributed by atoms with van der Waals surface area (Å²) in [5, 5.41) is 0. The molecule has 0 spiro atoms. The normalized spacial score (nSPS) is 10.1. The van der Waals surface area contributed by atoms with E-state index in [-0.39, 0.29) is 5.95 Å². The molecule has 5 nitrogen and oxygen atoms in total. The lowest BCUT2D eigenvalue weighted by Gasteiger charge is -2.06. The Morgan fingerprint density at radius 2 is 1.81 bits per heavy atom. The molecule has 0 unspecified atom stereocenters. The minimum atomic E-state index is 0.208. The predicted molar refractivity (Wildman–Crippen MR) is 62.8 cm³/mol. The highest BCUT2D eigenvalue weighted by Crippen LogP contribution is 2.25. The van der Waals surface area contributed by atoms with Crippen LogP contribution in [0.3, 0.4) is 0 Å². The lowest BCUT2D eigenvalue weighted by atomic mass is 10.1. The Hall–Kier alpha value is -2.30. The van der Waals surface area contributed by atoms with E-state index in [9.17, 15) is 0 Å². The maximum absolute atomic E-state index is 5.78. The molecule has 0 saturated heterocycles. The van der Waals surface area contributed by atoms with Crippen LogP contribution in [-0.2, 0) is 0 Å². The fourth-order valence-corrected chi connectivity index (χ4v) is 1.38. The van der Waals surface area contributed by atoms with Crippen molar-refractivity contribution in [3.8, 4) is 17.0 Å². The Labute approximate surface area is 93.1 Å². The first-order valence-corrected chi connectivity index (χ1v) is 4.73. The number of nitrogens with zero attached hydrogens (tertiary/aromatic N) is 2. The van der Waals surface area contributed by atoms with E-state index in [0.717, 1.165) is 11.3 Å². The van der Waals surface area contributed by atoms with Crippen molar-refractivity contribution in [1.82, 2.24) is 9.97 Å². The molecule has 0 radical (unpaired) electrons. The molecule has 2 rings (SSSR count). The number of benzene rings is 1. The van der Waals surface area contributed by atoms with Crippen molar-refractivity contribution in [3.63, 3.8) is 0 Å². The molecule has 82 valence electrons. The first-order chi connectivity index (χ1) is 7.70. The number of aromatic nitrogens is 2. The van der Waals surface area contributed by atoms with Gasteiger partial charge in [-0.3, -0.25) is 0 Å². The van der Waals surface area contributed by atoms with Crippen LogP contribution in [-0.4, -0.2) is 17.1 Å². The van der Waals surface area contributed by atoms with Crippen molar-refractivity contribution >= 4 is 11.6 Å². The van der Waals surface area contributed by atoms with Crippen molar-refractivity contribution in [1.29, 1.82) is 0 Å². The summed E-state index contributed by atoms with van der Waals surface area (Å²) in [6, 6.07) is 7.42. The molecule has 1 aromatic heterocycles. The Balaban J connectivity index is 2.45. The standard InChI is InChI=1S/C11H12N4O/c1-16-8-4-2-7(3-5-8)10-9(12)6-14-11(13)15-10/h2-6H,12H2,1H3,(H2,13,14,15). The number of ether oxygens (including phenoxy) is 1. The minimum Gasteiger partial charge on any atom is -0.497 e. The van der Waals surface area contributed by atoms with Crippen LogP contribution in [0.2, 0.25) is 0 Å². The van der Waals surface area contributed by atoms with Crippen molar-refractivity contribution in [3.05, 3.63) is 30.5 Å². The van der Waals surface area contributed by atoms with E-state index in [0.29, 0.717) is 11.4 Å². The van der Waals surface area contributed by atoms with Gasteiger partial charge in [-0.05, 0) is 24.3 Å². The van der Waals surface area contributed by atoms with Gasteiger partial charge in [-0.15, -0.1) is 0 Å². The van der Waals surface area contributed by atoms with Gasteiger partial charge in [0.15, 0.2) is 0 Å². The second-order valence-electron chi connectivity index (χ2n) is 3.26. The average molecular weight is 216 g/mol. The van der Waals surface area contributed by atoms with E-state index in [1.807, 2.05) is 24.3 Å². The summed E-state index contributed by atoms with van der Waals surface area (Å²) in [6.45, 7) is 0. The Bertz CT molecular complexity index is 496. The van der Waals surface area contributed by atoms with Gasteiger partial charge in [0.25, 0.3) is 0 Å². The van der Waals surface area contributed by atoms with Gasteiger partial charge in [-0.2, -0.15) is 0 Å². The van der Waals surface area contributed by atoms with E-state index in [4.69, 9.17) is 16.2 Å². The van der Waals surface area contributed by atoms with Crippen LogP contribution in [0.15, 0.2) is 30.5 Å². The Morgan fingerprint density at radius 1 is 1.12 bits per heavy atom. The quantitative estimate of drug-likeness (QED) is 0.790. The van der Waals surface area contributed by atoms with E-state index < -0.39 is 0 Å². The highest BCUT2D eigenvalue weighted by Gasteiger charge is 2.05. The van der Waals surface area contributed by atoms with Gasteiger partial charge in [-0.25, -0.2) is 9.97 Å². The zero-order valence-electron chi connectivity index (χ0n) is 8.84. The summed E-state index contributed by atoms with van der Waals surface area (Å²) >= 11 is 0. The summed E-state index contributed by atoms with van der Waals surface area (Å²) in [5.74, 6) is 0.990. The maximum atomic E-state index is 5.78. The number of nitrogens with two attached hydrogens (primary N) is 2. The molecule has 2 aromatic rings. The van der Waals surface area contributed by atoms with E-state index in [1.54, 1.807) is 7.11 Å². The third-order valence-corrected chi connectivity index (χ3v) is 2.20. The van der Waals surface area contributed by atoms with Crippen molar-refractivity contribution in [2.75, 3.05) is 18.6 Å². The monoisotopic (exact) mass is 216 g/mol. The number of nitrogen functional groups attached to an aromatic ring is 2. The molecule has 0 bridgehead atoms. The fourth-order valence-electron chi connectivity index (χ4n) is 1.38. The number of hydrogen-bond donors (Lipinski definition) is 2. The molecule has 0 atom stereocenters. The highest BCUT2D eigenvalue weighted by atomic mass is 16.5. The smallest absolute Gasteiger partial charge is 0.220 e. The molecule has 0 amide bonds. The summed E-state index contributed by atoms with van der Waals surface area (Å²) in [5.41, 5.74) is 13.3. The minimum absolute atomic E-state index is 0.208. The van der Waals surface area contributed by atoms with Gasteiger partial charge in [0.05, 0.1) is 24.7 Å². The molecule has 0 aliphatic heterocycles. The maximum Gasteiger partial charge on any atom is 0.220 e. The summed E-state index contributed by atoms with van der Waals surface area (Å²) in [6.07, 6.45) is 1.50. The van der Waals surface area contributed by atoms with E-state index >= 15 is 0 Å². The lowest BCUT2D eigenvalue weighted by molar-refractivity contribution is 0.415. The molecular formula is C11H12N4O. The molecule has 4 N–H and O–H groups in total. The highest BCUT2D eigenvalue weighted by molar-refractivity contribution is 5.72. The Kier molecular flexibility index (Phi) is 2.59. The van der Waals surface area contributed by atoms with Gasteiger partial charge in [-0.1, -0.05) is 0 Å². The summed E-state index contributed by atoms with van der Waals surface area (Å²) < 4.78 is 5.07. The molecule has 0 saturated carbocycles. The molecule has 1 aromatic carbocycles. The second kappa shape index (κ2) is 4.06. The number of rotatable bonds is 2. The average Bonchev–Trinajstić information content (AvgIpc) is 2.32. The van der Waals surface area contributed by atoms with Crippen molar-refractivity contribution < 1.29 is 4.74 Å². The van der Waals surface area contributed by atoms with Crippen LogP contribution in [0.1, 0.15) is 0 Å². The third-order valence-electron chi connectivity index (χ3n) is 2.20. The van der Waals surface area contributed by atoms with Gasteiger partial charge in [0.1, 0.15) is 5.75 Å². The molecule has 0 aliphatic rings. The van der Waals surface area contributed by atoms with Crippen LogP contribution in [0.25, 0.3) is 11.3 Å². The van der Waals surface area contributed by atoms with Gasteiger partial charge in [0.2, 0.25) is 5.95 Å². The van der Waals surface area contributed by atoms with Gasteiger partial charge < -0.3 is 16.2 Å². The van der Waals surface area contributed by atoms with Crippen LogP contribution < -0.4 is 16.2 Å². The predicted octanol–water partition coefficient (Wildman–Crippen LogP) is 1.32. The largest absolute Gasteiger partial charge is 0.497 e. The molecule has 5 heteroatoms. The zero-order valence-corrected chi connectivity index (χ0v) is 8.84. The zero-order chi connectivity index (χ0) is 11.5. The number of hydrogen-bond acceptors (Lipinski definition) is 5. The van der Waals surface area contributed by atoms with E-state index in [1.165, 1.54) is 6.20 Å². The topological polar surface area (TPSA) is 87.0 Å². The number of methoxy groups -OCH3 is 1. The van der Waals surface area contributed by atoms with E-state index in [2.05, 4.69) is 9.97 Å². The number of anilines is 2. The van der Waals surface area contributed by atoms with Gasteiger partial charge in [0, 0.05) is 5.56 Å². The first-order valence-electron chi connectivity index (χ1n) is 4.73. The SMILES string of the molecule is COc1ccc(-c2nc(N)ncc2N)cc1. The van der Waals surface area contributed by atoms with Crippen LogP contribution in [0.5, 0.6) is 5.75 Å². The second-order valence-corrected chi connectivity index (χ2v) is 3.26. The molecular weight excluding hydrogens is 204 g/mol. The third kappa shape index (κ3) is 1.88. The molecule has 16 heavy (non-hydrogen) atoms. The molecule has 0 aliphatic carbocycles. The molecule has 1 heterocycles. The van der Waals surface area contributed by atoms with Crippen LogP contribution >= 0.6 is 0 Å². The van der Waals surface area contributed by atoms with Crippen molar-refractivity contribution in [2.45, 2.75) is 0 Å². The first kappa shape index (κ1) is 10.2. The van der Waals surface area contributed by atoms with Crippen LogP contribution in [0.4, 0.5) is 11.6 Å². The Morgan fingerprint density at radius 3 is 2.44 bits per heavy atom. The van der Waals surface area contributed by atoms with Crippen molar-refractivity contribution in [2.24, 2.45) is 0 Å². The lowest BCUT2D eigenvalue weighted by Crippen LogP contribution is -2.00.